The van der Waals surface area contributed by atoms with Gasteiger partial charge in [0.05, 0.1) is 11.3 Å². The van der Waals surface area contributed by atoms with E-state index in [1.54, 1.807) is 24.3 Å². The van der Waals surface area contributed by atoms with Crippen molar-refractivity contribution in [1.82, 2.24) is 10.6 Å². The van der Waals surface area contributed by atoms with E-state index in [1.165, 1.54) is 6.92 Å². The van der Waals surface area contributed by atoms with Crippen LogP contribution >= 0.6 is 0 Å². The van der Waals surface area contributed by atoms with E-state index < -0.39 is 24.0 Å². The molecule has 0 aromatic heterocycles. The summed E-state index contributed by atoms with van der Waals surface area (Å²) in [5.74, 6) is -1.05. The molecule has 1 heterocycles. The summed E-state index contributed by atoms with van der Waals surface area (Å²) < 4.78 is 5.13. The summed E-state index contributed by atoms with van der Waals surface area (Å²) in [6.45, 7) is 8.52. The number of benzene rings is 1. The molecule has 1 aliphatic rings. The van der Waals surface area contributed by atoms with Crippen LogP contribution in [0.2, 0.25) is 0 Å². The molecule has 0 aliphatic carbocycles. The van der Waals surface area contributed by atoms with E-state index >= 15 is 0 Å². The van der Waals surface area contributed by atoms with Gasteiger partial charge in [0.2, 0.25) is 0 Å². The molecular weight excluding hydrogens is 348 g/mol. The maximum atomic E-state index is 12.2. The Balaban J connectivity index is 1.86. The van der Waals surface area contributed by atoms with Crippen molar-refractivity contribution < 1.29 is 19.1 Å². The number of rotatable bonds is 6. The van der Waals surface area contributed by atoms with E-state index in [1.807, 2.05) is 25.8 Å². The second kappa shape index (κ2) is 9.16. The van der Waals surface area contributed by atoms with Crippen molar-refractivity contribution >= 4 is 29.3 Å². The summed E-state index contributed by atoms with van der Waals surface area (Å²) >= 11 is 0. The van der Waals surface area contributed by atoms with Gasteiger partial charge in [-0.05, 0) is 44.0 Å². The van der Waals surface area contributed by atoms with Crippen LogP contribution in [-0.4, -0.2) is 42.8 Å². The third-order valence-corrected chi connectivity index (χ3v) is 3.94. The monoisotopic (exact) mass is 374 g/mol. The van der Waals surface area contributed by atoms with Gasteiger partial charge < -0.3 is 10.1 Å². The van der Waals surface area contributed by atoms with Crippen LogP contribution in [0.15, 0.2) is 29.4 Å². The molecule has 8 heteroatoms. The highest BCUT2D eigenvalue weighted by molar-refractivity contribution is 5.98. The first-order valence-electron chi connectivity index (χ1n) is 8.97. The smallest absolute Gasteiger partial charge is 0.338 e. The number of carbonyl (C=O) groups is 3. The van der Waals surface area contributed by atoms with E-state index in [0.29, 0.717) is 12.1 Å². The fourth-order valence-corrected chi connectivity index (χ4v) is 2.37. The van der Waals surface area contributed by atoms with Crippen molar-refractivity contribution in [2.45, 2.75) is 40.2 Å². The molecule has 0 spiro atoms. The number of hydrogen-bond acceptors (Lipinski definition) is 6. The maximum absolute atomic E-state index is 12.2. The van der Waals surface area contributed by atoms with Crippen LogP contribution in [0.1, 0.15) is 44.5 Å². The molecule has 27 heavy (non-hydrogen) atoms. The molecule has 0 radical (unpaired) electrons. The molecule has 1 atom stereocenters. The third-order valence-electron chi connectivity index (χ3n) is 3.94. The zero-order valence-corrected chi connectivity index (χ0v) is 16.1. The molecule has 146 valence electrons. The Hall–Kier alpha value is -2.90. The van der Waals surface area contributed by atoms with Crippen LogP contribution in [0.5, 0.6) is 0 Å². The zero-order chi connectivity index (χ0) is 20.0. The topological polar surface area (TPSA) is 100 Å². The van der Waals surface area contributed by atoms with Gasteiger partial charge in [-0.1, -0.05) is 13.8 Å². The van der Waals surface area contributed by atoms with Crippen LogP contribution in [0.3, 0.4) is 0 Å². The lowest BCUT2D eigenvalue weighted by Crippen LogP contribution is -2.45. The van der Waals surface area contributed by atoms with Crippen LogP contribution in [0, 0.1) is 5.92 Å². The number of anilines is 1. The molecule has 2 rings (SSSR count). The van der Waals surface area contributed by atoms with Crippen molar-refractivity contribution in [3.8, 4) is 0 Å². The lowest BCUT2D eigenvalue weighted by molar-refractivity contribution is -0.127. The highest BCUT2D eigenvalue weighted by atomic mass is 16.5. The number of esters is 1. The average Bonchev–Trinajstić information content (AvgIpc) is 3.06. The molecule has 0 unspecified atom stereocenters. The number of ether oxygens (including phenoxy) is 1. The van der Waals surface area contributed by atoms with Gasteiger partial charge in [-0.25, -0.2) is 9.59 Å². The first-order chi connectivity index (χ1) is 12.8. The summed E-state index contributed by atoms with van der Waals surface area (Å²) in [5.41, 5.74) is 2.27. The largest absolute Gasteiger partial charge is 0.449 e. The molecular formula is C19H26N4O4. The SMILES string of the molecule is CC1=NN(c2ccc(C(=O)O[C@@H](C)C(=O)NC(=O)NCC(C)C)cc2)CC1. The van der Waals surface area contributed by atoms with E-state index in [2.05, 4.69) is 15.7 Å². The minimum atomic E-state index is -1.09. The second-order valence-electron chi connectivity index (χ2n) is 6.90. The van der Waals surface area contributed by atoms with Crippen LogP contribution in [0.4, 0.5) is 10.5 Å². The van der Waals surface area contributed by atoms with Crippen molar-refractivity contribution in [2.24, 2.45) is 11.0 Å². The maximum Gasteiger partial charge on any atom is 0.338 e. The number of hydrazone groups is 1. The lowest BCUT2D eigenvalue weighted by Gasteiger charge is -2.15. The Kier molecular flexibility index (Phi) is 6.92. The molecule has 0 fully saturated rings. The van der Waals surface area contributed by atoms with E-state index in [0.717, 1.165) is 24.4 Å². The van der Waals surface area contributed by atoms with Gasteiger partial charge in [0, 0.05) is 25.2 Å². The van der Waals surface area contributed by atoms with Crippen molar-refractivity contribution in [3.63, 3.8) is 0 Å². The van der Waals surface area contributed by atoms with E-state index in [-0.39, 0.29) is 5.92 Å². The van der Waals surface area contributed by atoms with Gasteiger partial charge in [0.1, 0.15) is 0 Å². The standard InChI is InChI=1S/C19H26N4O4/c1-12(2)11-20-19(26)21-17(24)14(4)27-18(25)15-5-7-16(8-6-15)23-10-9-13(3)22-23/h5-8,12,14H,9-11H2,1-4H3,(H2,20,21,24,26)/t14-/m0/s1. The normalized spacial score (nSPS) is 14.6. The highest BCUT2D eigenvalue weighted by Crippen LogP contribution is 2.20. The van der Waals surface area contributed by atoms with Crippen LogP contribution in [-0.2, 0) is 9.53 Å². The fraction of sp³-hybridized carbons (Fsp3) is 0.474. The average molecular weight is 374 g/mol. The lowest BCUT2D eigenvalue weighted by atomic mass is 10.2. The molecule has 0 saturated heterocycles. The number of urea groups is 1. The number of nitrogens with one attached hydrogen (secondary N) is 2. The minimum absolute atomic E-state index is 0.263. The van der Waals surface area contributed by atoms with Crippen molar-refractivity contribution in [1.29, 1.82) is 0 Å². The van der Waals surface area contributed by atoms with Gasteiger partial charge in [0.15, 0.2) is 6.10 Å². The Bertz CT molecular complexity index is 728. The van der Waals surface area contributed by atoms with Gasteiger partial charge >= 0.3 is 12.0 Å². The highest BCUT2D eigenvalue weighted by Gasteiger charge is 2.21. The predicted molar refractivity (Wildman–Crippen MR) is 103 cm³/mol. The number of amides is 3. The Morgan fingerprint density at radius 1 is 1.19 bits per heavy atom. The molecule has 1 aliphatic heterocycles. The summed E-state index contributed by atoms with van der Waals surface area (Å²) in [4.78, 5) is 35.8. The van der Waals surface area contributed by atoms with E-state index in [4.69, 9.17) is 4.74 Å². The predicted octanol–water partition coefficient (Wildman–Crippen LogP) is 2.30. The number of carbonyl (C=O) groups excluding carboxylic acids is 3. The summed E-state index contributed by atoms with van der Waals surface area (Å²) in [5, 5.41) is 11.0. The third kappa shape index (κ3) is 6.09. The first kappa shape index (κ1) is 20.4. The van der Waals surface area contributed by atoms with E-state index in [9.17, 15) is 14.4 Å². The van der Waals surface area contributed by atoms with Crippen LogP contribution < -0.4 is 15.6 Å². The molecule has 0 bridgehead atoms. The summed E-state index contributed by atoms with van der Waals surface area (Å²) in [6, 6.07) is 6.20. The summed E-state index contributed by atoms with van der Waals surface area (Å²) in [7, 11) is 0. The molecule has 0 saturated carbocycles. The molecule has 2 N–H and O–H groups in total. The summed E-state index contributed by atoms with van der Waals surface area (Å²) in [6.07, 6.45) is -0.172. The number of hydrogen-bond donors (Lipinski definition) is 2. The molecule has 1 aromatic carbocycles. The molecule has 3 amide bonds. The van der Waals surface area contributed by atoms with Gasteiger partial charge in [-0.15, -0.1) is 0 Å². The van der Waals surface area contributed by atoms with Crippen molar-refractivity contribution in [2.75, 3.05) is 18.1 Å². The fourth-order valence-electron chi connectivity index (χ4n) is 2.37. The molecule has 1 aromatic rings. The zero-order valence-electron chi connectivity index (χ0n) is 16.1. The van der Waals surface area contributed by atoms with Crippen molar-refractivity contribution in [3.05, 3.63) is 29.8 Å². The Morgan fingerprint density at radius 2 is 1.85 bits per heavy atom. The Labute approximate surface area is 158 Å². The first-order valence-corrected chi connectivity index (χ1v) is 8.97. The molecule has 8 nitrogen and oxygen atoms in total. The Morgan fingerprint density at radius 3 is 2.41 bits per heavy atom. The van der Waals surface area contributed by atoms with Crippen LogP contribution in [0.25, 0.3) is 0 Å². The number of nitrogens with zero attached hydrogens (tertiary/aromatic N) is 2. The van der Waals surface area contributed by atoms with Gasteiger partial charge in [-0.3, -0.25) is 15.1 Å². The minimum Gasteiger partial charge on any atom is -0.449 e. The van der Waals surface area contributed by atoms with Gasteiger partial charge in [-0.2, -0.15) is 5.10 Å². The van der Waals surface area contributed by atoms with Gasteiger partial charge in [0.25, 0.3) is 5.91 Å². The number of imide groups is 1. The second-order valence-corrected chi connectivity index (χ2v) is 6.90. The quantitative estimate of drug-likeness (QED) is 0.744.